The van der Waals surface area contributed by atoms with Gasteiger partial charge in [0.1, 0.15) is 10.7 Å². The van der Waals surface area contributed by atoms with E-state index in [9.17, 15) is 19.2 Å². The van der Waals surface area contributed by atoms with Crippen LogP contribution in [0.15, 0.2) is 89.6 Å². The minimum Gasteiger partial charge on any atom is -0.462 e. The van der Waals surface area contributed by atoms with Crippen LogP contribution < -0.4 is 15.1 Å². The molecule has 0 saturated heterocycles. The molecule has 9 heteroatoms. The van der Waals surface area contributed by atoms with E-state index in [-0.39, 0.29) is 28.9 Å². The largest absolute Gasteiger partial charge is 0.462 e. The first-order valence-electron chi connectivity index (χ1n) is 11.7. The molecule has 0 bridgehead atoms. The number of para-hydroxylation sites is 1. The third-order valence-corrected chi connectivity index (χ3v) is 6.05. The summed E-state index contributed by atoms with van der Waals surface area (Å²) in [4.78, 5) is 53.3. The monoisotopic (exact) mass is 517 g/mol. The van der Waals surface area contributed by atoms with E-state index < -0.39 is 17.8 Å². The van der Waals surface area contributed by atoms with E-state index in [0.717, 1.165) is 10.6 Å². The number of ether oxygens (including phenoxy) is 1. The summed E-state index contributed by atoms with van der Waals surface area (Å²) in [7, 11) is 0. The quantitative estimate of drug-likeness (QED) is 0.335. The summed E-state index contributed by atoms with van der Waals surface area (Å²) < 4.78 is 4.95. The maximum absolute atomic E-state index is 13.1. The number of amides is 3. The molecule has 8 nitrogen and oxygen atoms in total. The second-order valence-corrected chi connectivity index (χ2v) is 8.37. The molecule has 1 aliphatic rings. The van der Waals surface area contributed by atoms with Crippen LogP contribution in [0.25, 0.3) is 0 Å². The van der Waals surface area contributed by atoms with Crippen molar-refractivity contribution in [2.75, 3.05) is 28.3 Å². The Morgan fingerprint density at radius 3 is 2.08 bits per heavy atom. The molecule has 1 N–H and O–H groups in total. The number of carbonyl (C=O) groups excluding carboxylic acids is 4. The highest BCUT2D eigenvalue weighted by atomic mass is 35.5. The Bertz CT molecular complexity index is 1370. The Kier molecular flexibility index (Phi) is 7.69. The van der Waals surface area contributed by atoms with Crippen molar-refractivity contribution in [3.63, 3.8) is 0 Å². The Balaban J connectivity index is 1.49. The van der Waals surface area contributed by atoms with Crippen molar-refractivity contribution in [2.45, 2.75) is 13.8 Å². The van der Waals surface area contributed by atoms with Gasteiger partial charge in [-0.1, -0.05) is 29.8 Å². The molecular formula is C28H24ClN3O5. The fraction of sp³-hybridized carbons (Fsp3) is 0.143. The van der Waals surface area contributed by atoms with Gasteiger partial charge >= 0.3 is 5.97 Å². The number of anilines is 3. The summed E-state index contributed by atoms with van der Waals surface area (Å²) in [6.07, 6.45) is 0. The molecule has 0 fully saturated rings. The van der Waals surface area contributed by atoms with E-state index in [1.54, 1.807) is 36.1 Å². The van der Waals surface area contributed by atoms with Crippen LogP contribution in [0.5, 0.6) is 0 Å². The van der Waals surface area contributed by atoms with Gasteiger partial charge in [0.25, 0.3) is 17.7 Å². The Morgan fingerprint density at radius 1 is 0.865 bits per heavy atom. The van der Waals surface area contributed by atoms with E-state index in [1.807, 2.05) is 37.3 Å². The molecule has 3 aromatic rings. The van der Waals surface area contributed by atoms with Crippen LogP contribution in [0, 0.1) is 0 Å². The van der Waals surface area contributed by atoms with Crippen molar-refractivity contribution in [3.05, 3.63) is 101 Å². The molecule has 0 aromatic heterocycles. The zero-order valence-electron chi connectivity index (χ0n) is 20.2. The van der Waals surface area contributed by atoms with Gasteiger partial charge in [-0.3, -0.25) is 14.4 Å². The summed E-state index contributed by atoms with van der Waals surface area (Å²) in [5.74, 6) is -1.99. The van der Waals surface area contributed by atoms with Crippen LogP contribution in [0.3, 0.4) is 0 Å². The summed E-state index contributed by atoms with van der Waals surface area (Å²) in [6, 6.07) is 21.8. The van der Waals surface area contributed by atoms with E-state index in [2.05, 4.69) is 5.32 Å². The summed E-state index contributed by atoms with van der Waals surface area (Å²) in [5.41, 5.74) is 2.21. The lowest BCUT2D eigenvalue weighted by Crippen LogP contribution is -2.32. The molecule has 37 heavy (non-hydrogen) atoms. The average Bonchev–Trinajstić information content (AvgIpc) is 3.13. The number of nitrogens with one attached hydrogen (secondary N) is 1. The molecule has 0 spiro atoms. The highest BCUT2D eigenvalue weighted by Gasteiger charge is 2.39. The number of esters is 1. The van der Waals surface area contributed by atoms with Crippen LogP contribution in [-0.4, -0.2) is 36.8 Å². The van der Waals surface area contributed by atoms with Crippen LogP contribution in [-0.2, 0) is 14.3 Å². The SMILES string of the molecule is CCOC(=O)c1ccc(N2C(=O)C(Cl)=C(Nc3ccc(C(=O)N(CC)c4ccccc4)cc3)C2=O)cc1. The van der Waals surface area contributed by atoms with Crippen molar-refractivity contribution >= 4 is 52.4 Å². The van der Waals surface area contributed by atoms with Crippen molar-refractivity contribution < 1.29 is 23.9 Å². The predicted molar refractivity (Wildman–Crippen MR) is 142 cm³/mol. The number of hydrogen-bond acceptors (Lipinski definition) is 6. The molecule has 1 aliphatic heterocycles. The van der Waals surface area contributed by atoms with Crippen LogP contribution in [0.4, 0.5) is 17.1 Å². The van der Waals surface area contributed by atoms with Gasteiger partial charge in [0, 0.05) is 23.5 Å². The molecule has 3 aromatic carbocycles. The topological polar surface area (TPSA) is 96.0 Å². The third kappa shape index (κ3) is 5.24. The van der Waals surface area contributed by atoms with Crippen molar-refractivity contribution in [3.8, 4) is 0 Å². The lowest BCUT2D eigenvalue weighted by molar-refractivity contribution is -0.120. The first-order chi connectivity index (χ1) is 17.8. The normalized spacial score (nSPS) is 13.1. The van der Waals surface area contributed by atoms with Gasteiger partial charge in [-0.2, -0.15) is 0 Å². The second-order valence-electron chi connectivity index (χ2n) is 7.99. The number of halogens is 1. The van der Waals surface area contributed by atoms with Gasteiger partial charge in [-0.05, 0) is 74.5 Å². The summed E-state index contributed by atoms with van der Waals surface area (Å²) in [6.45, 7) is 4.33. The highest BCUT2D eigenvalue weighted by molar-refractivity contribution is 6.53. The van der Waals surface area contributed by atoms with Gasteiger partial charge in [-0.25, -0.2) is 9.69 Å². The lowest BCUT2D eigenvalue weighted by atomic mass is 10.1. The fourth-order valence-corrected chi connectivity index (χ4v) is 4.07. The molecule has 0 atom stereocenters. The van der Waals surface area contributed by atoms with Gasteiger partial charge in [0.15, 0.2) is 0 Å². The molecule has 4 rings (SSSR count). The van der Waals surface area contributed by atoms with E-state index >= 15 is 0 Å². The molecule has 1 heterocycles. The molecule has 0 saturated carbocycles. The standard InChI is InChI=1S/C28H24ClN3O5/c1-3-31(21-8-6-5-7-9-21)25(33)18-10-14-20(15-11-18)30-24-23(29)26(34)32(27(24)35)22-16-12-19(13-17-22)28(36)37-4-2/h5-17,30H,3-4H2,1-2H3. The van der Waals surface area contributed by atoms with Crippen molar-refractivity contribution in [1.29, 1.82) is 0 Å². The number of imide groups is 1. The summed E-state index contributed by atoms with van der Waals surface area (Å²) in [5, 5.41) is 2.63. The molecular weight excluding hydrogens is 494 g/mol. The zero-order valence-corrected chi connectivity index (χ0v) is 21.0. The molecule has 0 radical (unpaired) electrons. The average molecular weight is 518 g/mol. The van der Waals surface area contributed by atoms with E-state index in [1.165, 1.54) is 24.3 Å². The highest BCUT2D eigenvalue weighted by Crippen LogP contribution is 2.30. The first-order valence-corrected chi connectivity index (χ1v) is 12.0. The first kappa shape index (κ1) is 25.7. The molecule has 188 valence electrons. The fourth-order valence-electron chi connectivity index (χ4n) is 3.85. The van der Waals surface area contributed by atoms with Gasteiger partial charge in [0.2, 0.25) is 0 Å². The maximum atomic E-state index is 13.1. The molecule has 3 amide bonds. The smallest absolute Gasteiger partial charge is 0.338 e. The van der Waals surface area contributed by atoms with Crippen LogP contribution in [0.1, 0.15) is 34.6 Å². The maximum Gasteiger partial charge on any atom is 0.338 e. The molecule has 0 aliphatic carbocycles. The van der Waals surface area contributed by atoms with Crippen molar-refractivity contribution in [1.82, 2.24) is 0 Å². The Morgan fingerprint density at radius 2 is 1.49 bits per heavy atom. The van der Waals surface area contributed by atoms with Gasteiger partial charge in [-0.15, -0.1) is 0 Å². The molecule has 0 unspecified atom stereocenters. The Hall–Kier alpha value is -4.43. The lowest BCUT2D eigenvalue weighted by Gasteiger charge is -2.21. The van der Waals surface area contributed by atoms with Gasteiger partial charge < -0.3 is 15.0 Å². The number of hydrogen-bond donors (Lipinski definition) is 1. The third-order valence-electron chi connectivity index (χ3n) is 5.69. The number of benzene rings is 3. The summed E-state index contributed by atoms with van der Waals surface area (Å²) >= 11 is 6.22. The van der Waals surface area contributed by atoms with Gasteiger partial charge in [0.05, 0.1) is 17.9 Å². The Labute approximate surface area is 219 Å². The number of rotatable bonds is 8. The second kappa shape index (κ2) is 11.1. The predicted octanol–water partition coefficient (Wildman–Crippen LogP) is 4.97. The zero-order chi connectivity index (χ0) is 26.5. The number of nitrogens with zero attached hydrogens (tertiary/aromatic N) is 2. The van der Waals surface area contributed by atoms with Crippen LogP contribution >= 0.6 is 11.6 Å². The van der Waals surface area contributed by atoms with Crippen molar-refractivity contribution in [2.24, 2.45) is 0 Å². The number of carbonyl (C=O) groups is 4. The minimum atomic E-state index is -0.689. The van der Waals surface area contributed by atoms with E-state index in [0.29, 0.717) is 23.4 Å². The van der Waals surface area contributed by atoms with Crippen LogP contribution in [0.2, 0.25) is 0 Å². The van der Waals surface area contributed by atoms with E-state index in [4.69, 9.17) is 16.3 Å². The minimum absolute atomic E-state index is 0.0836.